The predicted octanol–water partition coefficient (Wildman–Crippen LogP) is 3.86. The maximum absolute atomic E-state index is 14.3. The zero-order valence-corrected chi connectivity index (χ0v) is 19.6. The summed E-state index contributed by atoms with van der Waals surface area (Å²) in [6.45, 7) is 1.87. The van der Waals surface area contributed by atoms with Crippen molar-refractivity contribution in [1.29, 1.82) is 0 Å². The number of halogens is 1. The first-order valence-corrected chi connectivity index (χ1v) is 12.0. The Kier molecular flexibility index (Phi) is 5.04. The number of imide groups is 2. The van der Waals surface area contributed by atoms with E-state index >= 15 is 0 Å². The molecular formula is C27H23ClN4O3. The fourth-order valence-electron chi connectivity index (χ4n) is 5.65. The van der Waals surface area contributed by atoms with Gasteiger partial charge in [-0.3, -0.25) is 14.9 Å². The number of piperazine rings is 1. The number of rotatable bonds is 2. The lowest BCUT2D eigenvalue weighted by molar-refractivity contribution is -0.144. The second-order valence-corrected chi connectivity index (χ2v) is 9.58. The highest BCUT2D eigenvalue weighted by molar-refractivity contribution is 6.32. The summed E-state index contributed by atoms with van der Waals surface area (Å²) in [5.41, 5.74) is 1.91. The average Bonchev–Trinajstić information content (AvgIpc) is 2.88. The van der Waals surface area contributed by atoms with Gasteiger partial charge in [0.05, 0.1) is 11.7 Å². The van der Waals surface area contributed by atoms with E-state index in [1.807, 2.05) is 54.6 Å². The molecule has 8 heteroatoms. The first-order valence-electron chi connectivity index (χ1n) is 11.6. The van der Waals surface area contributed by atoms with Crippen LogP contribution in [0.4, 0.5) is 21.9 Å². The van der Waals surface area contributed by atoms with E-state index in [9.17, 15) is 14.4 Å². The van der Waals surface area contributed by atoms with E-state index in [0.717, 1.165) is 28.4 Å². The summed E-state index contributed by atoms with van der Waals surface area (Å²) in [5, 5.41) is 2.99. The Balaban J connectivity index is 1.48. The van der Waals surface area contributed by atoms with E-state index in [1.54, 1.807) is 24.3 Å². The number of carbonyl (C=O) groups excluding carboxylic acids is 3. The highest BCUT2D eigenvalue weighted by Crippen LogP contribution is 2.46. The number of nitrogens with one attached hydrogen (secondary N) is 1. The van der Waals surface area contributed by atoms with Crippen molar-refractivity contribution in [2.24, 2.45) is 5.41 Å². The number of nitrogens with zero attached hydrogens (tertiary/aromatic N) is 3. The normalized spacial score (nSPS) is 23.7. The number of amides is 4. The number of urea groups is 1. The molecule has 3 aromatic rings. The Morgan fingerprint density at radius 1 is 0.829 bits per heavy atom. The van der Waals surface area contributed by atoms with Crippen molar-refractivity contribution >= 4 is 46.5 Å². The van der Waals surface area contributed by atoms with Gasteiger partial charge in [0, 0.05) is 36.0 Å². The van der Waals surface area contributed by atoms with E-state index in [1.165, 1.54) is 0 Å². The highest BCUT2D eigenvalue weighted by Gasteiger charge is 2.63. The monoisotopic (exact) mass is 486 g/mol. The molecule has 3 aliphatic heterocycles. The maximum Gasteiger partial charge on any atom is 0.335 e. The minimum atomic E-state index is -1.46. The molecule has 2 atom stereocenters. The predicted molar refractivity (Wildman–Crippen MR) is 135 cm³/mol. The lowest BCUT2D eigenvalue weighted by Gasteiger charge is -2.55. The van der Waals surface area contributed by atoms with Crippen LogP contribution < -0.4 is 20.0 Å². The van der Waals surface area contributed by atoms with E-state index in [2.05, 4.69) is 15.1 Å². The summed E-state index contributed by atoms with van der Waals surface area (Å²) >= 11 is 6.04. The van der Waals surface area contributed by atoms with E-state index in [0.29, 0.717) is 23.8 Å². The molecule has 3 aliphatic rings. The molecule has 176 valence electrons. The van der Waals surface area contributed by atoms with Crippen molar-refractivity contribution < 1.29 is 14.4 Å². The molecule has 3 aromatic carbocycles. The molecule has 1 spiro atoms. The third kappa shape index (κ3) is 3.30. The van der Waals surface area contributed by atoms with Gasteiger partial charge in [-0.15, -0.1) is 0 Å². The van der Waals surface area contributed by atoms with Crippen molar-refractivity contribution in [3.05, 3.63) is 89.4 Å². The van der Waals surface area contributed by atoms with Crippen LogP contribution in [0.25, 0.3) is 0 Å². The number of carbonyl (C=O) groups is 3. The van der Waals surface area contributed by atoms with E-state index in [-0.39, 0.29) is 6.42 Å². The van der Waals surface area contributed by atoms with Gasteiger partial charge in [0.1, 0.15) is 0 Å². The molecular weight excluding hydrogens is 464 g/mol. The molecule has 0 unspecified atom stereocenters. The number of anilines is 3. The standard InChI is InChI=1S/C27H23ClN4O3/c28-19-10-12-21(13-11-19)32-25(34)27(24(33)29-26(32)35)16-18-6-4-5-9-22(18)31-15-14-30(17-23(27)31)20-7-2-1-3-8-20/h1-13,23H,14-17H2,(H,29,33,35)/t23-,27-/m0/s1. The summed E-state index contributed by atoms with van der Waals surface area (Å²) in [6, 6.07) is 23.2. The topological polar surface area (TPSA) is 73.0 Å². The van der Waals surface area contributed by atoms with Crippen LogP contribution in [-0.4, -0.2) is 43.5 Å². The average molecular weight is 487 g/mol. The minimum Gasteiger partial charge on any atom is -0.368 e. The largest absolute Gasteiger partial charge is 0.368 e. The molecule has 0 radical (unpaired) electrons. The molecule has 3 heterocycles. The molecule has 0 aromatic heterocycles. The molecule has 1 N–H and O–H groups in total. The zero-order chi connectivity index (χ0) is 24.2. The van der Waals surface area contributed by atoms with Gasteiger partial charge in [0.2, 0.25) is 5.91 Å². The van der Waals surface area contributed by atoms with Crippen molar-refractivity contribution in [2.75, 3.05) is 34.3 Å². The molecule has 0 bridgehead atoms. The van der Waals surface area contributed by atoms with Crippen molar-refractivity contribution in [1.82, 2.24) is 5.32 Å². The molecule has 0 aliphatic carbocycles. The third-order valence-corrected chi connectivity index (χ3v) is 7.59. The number of para-hydroxylation sites is 2. The van der Waals surface area contributed by atoms with Crippen LogP contribution in [0.3, 0.4) is 0 Å². The number of benzene rings is 3. The Morgan fingerprint density at radius 3 is 2.31 bits per heavy atom. The van der Waals surface area contributed by atoms with E-state index in [4.69, 9.17) is 11.6 Å². The van der Waals surface area contributed by atoms with Gasteiger partial charge < -0.3 is 9.80 Å². The number of fused-ring (bicyclic) bond motifs is 4. The van der Waals surface area contributed by atoms with Crippen LogP contribution in [0.2, 0.25) is 5.02 Å². The number of barbiturate groups is 1. The third-order valence-electron chi connectivity index (χ3n) is 7.34. The summed E-state index contributed by atoms with van der Waals surface area (Å²) in [6.07, 6.45) is 0.217. The second kappa shape index (κ2) is 8.13. The molecule has 35 heavy (non-hydrogen) atoms. The zero-order valence-electron chi connectivity index (χ0n) is 18.9. The Bertz CT molecular complexity index is 1330. The van der Waals surface area contributed by atoms with Gasteiger partial charge in [-0.05, 0) is 54.4 Å². The quantitative estimate of drug-likeness (QED) is 0.557. The SMILES string of the molecule is O=C1NC(=O)[C@@]2(Cc3ccccc3N3CCN(c4ccccc4)C[C@H]32)C(=O)N1c1ccc(Cl)cc1. The molecule has 2 fully saturated rings. The lowest BCUT2D eigenvalue weighted by atomic mass is 9.67. The summed E-state index contributed by atoms with van der Waals surface area (Å²) in [7, 11) is 0. The van der Waals surface area contributed by atoms with Crippen LogP contribution in [0.5, 0.6) is 0 Å². The Morgan fingerprint density at radius 2 is 1.54 bits per heavy atom. The first kappa shape index (κ1) is 21.7. The summed E-state index contributed by atoms with van der Waals surface area (Å²) < 4.78 is 0. The van der Waals surface area contributed by atoms with Gasteiger partial charge >= 0.3 is 6.03 Å². The maximum atomic E-state index is 14.3. The van der Waals surface area contributed by atoms with Crippen LogP contribution in [-0.2, 0) is 16.0 Å². The summed E-state index contributed by atoms with van der Waals surface area (Å²) in [4.78, 5) is 46.4. The fraction of sp³-hybridized carbons (Fsp3) is 0.222. The minimum absolute atomic E-state index is 0.217. The molecule has 6 rings (SSSR count). The highest BCUT2D eigenvalue weighted by atomic mass is 35.5. The van der Waals surface area contributed by atoms with Crippen molar-refractivity contribution in [3.63, 3.8) is 0 Å². The van der Waals surface area contributed by atoms with Crippen LogP contribution in [0, 0.1) is 5.41 Å². The van der Waals surface area contributed by atoms with Crippen LogP contribution in [0.1, 0.15) is 5.56 Å². The Hall–Kier alpha value is -3.84. The molecule has 7 nitrogen and oxygen atoms in total. The van der Waals surface area contributed by atoms with Crippen molar-refractivity contribution in [2.45, 2.75) is 12.5 Å². The second-order valence-electron chi connectivity index (χ2n) is 9.14. The number of hydrogen-bond acceptors (Lipinski definition) is 5. The van der Waals surface area contributed by atoms with Gasteiger partial charge in [-0.25, -0.2) is 9.69 Å². The number of hydrogen-bond donors (Lipinski definition) is 1. The first-order chi connectivity index (χ1) is 17.0. The summed E-state index contributed by atoms with van der Waals surface area (Å²) in [5.74, 6) is -1.05. The van der Waals surface area contributed by atoms with E-state index < -0.39 is 29.3 Å². The smallest absolute Gasteiger partial charge is 0.335 e. The molecule has 2 saturated heterocycles. The van der Waals surface area contributed by atoms with Crippen LogP contribution >= 0.6 is 11.6 Å². The Labute approximate surface area is 207 Å². The fourth-order valence-corrected chi connectivity index (χ4v) is 5.78. The van der Waals surface area contributed by atoms with Crippen LogP contribution in [0.15, 0.2) is 78.9 Å². The van der Waals surface area contributed by atoms with Gasteiger partial charge in [-0.1, -0.05) is 48.0 Å². The van der Waals surface area contributed by atoms with Gasteiger partial charge in [0.25, 0.3) is 5.91 Å². The van der Waals surface area contributed by atoms with Crippen molar-refractivity contribution in [3.8, 4) is 0 Å². The van der Waals surface area contributed by atoms with Gasteiger partial charge in [-0.2, -0.15) is 0 Å². The lowest BCUT2D eigenvalue weighted by Crippen LogP contribution is -2.75. The van der Waals surface area contributed by atoms with Gasteiger partial charge in [0.15, 0.2) is 5.41 Å². The molecule has 0 saturated carbocycles. The molecule has 4 amide bonds.